The van der Waals surface area contributed by atoms with Crippen LogP contribution in [0.2, 0.25) is 0 Å². The van der Waals surface area contributed by atoms with Gasteiger partial charge >= 0.3 is 0 Å². The third kappa shape index (κ3) is 1.50. The highest BCUT2D eigenvalue weighted by molar-refractivity contribution is 5.46. The molecular formula is C12H17NO. The predicted octanol–water partition coefficient (Wildman–Crippen LogP) is 2.13. The summed E-state index contributed by atoms with van der Waals surface area (Å²) in [7, 11) is 1.72. The van der Waals surface area contributed by atoms with Crippen molar-refractivity contribution in [2.45, 2.75) is 32.2 Å². The molecule has 2 heteroatoms. The fourth-order valence-electron chi connectivity index (χ4n) is 1.85. The summed E-state index contributed by atoms with van der Waals surface area (Å²) in [6.45, 7) is 4.24. The molecule has 2 N–H and O–H groups in total. The van der Waals surface area contributed by atoms with Gasteiger partial charge in [-0.1, -0.05) is 6.07 Å². The van der Waals surface area contributed by atoms with Gasteiger partial charge in [-0.05, 0) is 43.0 Å². The summed E-state index contributed by atoms with van der Waals surface area (Å²) in [5.74, 6) is 1.51. The largest absolute Gasteiger partial charge is 0.496 e. The van der Waals surface area contributed by atoms with E-state index in [4.69, 9.17) is 10.5 Å². The van der Waals surface area contributed by atoms with Crippen molar-refractivity contribution in [2.75, 3.05) is 7.11 Å². The Kier molecular flexibility index (Phi) is 2.23. The smallest absolute Gasteiger partial charge is 0.122 e. The van der Waals surface area contributed by atoms with Gasteiger partial charge in [0.1, 0.15) is 5.75 Å². The zero-order valence-electron chi connectivity index (χ0n) is 9.00. The molecule has 1 aliphatic rings. The number of hydrogen-bond acceptors (Lipinski definition) is 2. The fraction of sp³-hybridized carbons (Fsp3) is 0.500. The lowest BCUT2D eigenvalue weighted by Crippen LogP contribution is -2.03. The van der Waals surface area contributed by atoms with Crippen LogP contribution in [-0.2, 0) is 0 Å². The molecule has 2 nitrogen and oxygen atoms in total. The molecule has 0 spiro atoms. The maximum absolute atomic E-state index is 5.85. The van der Waals surface area contributed by atoms with Crippen LogP contribution in [0.25, 0.3) is 0 Å². The molecule has 0 aliphatic heterocycles. The van der Waals surface area contributed by atoms with E-state index in [0.29, 0.717) is 12.0 Å². The third-order valence-electron chi connectivity index (χ3n) is 3.09. The topological polar surface area (TPSA) is 35.2 Å². The molecule has 0 amide bonds. The average molecular weight is 191 g/mol. The SMILES string of the molecule is COc1cc(C)c(C)cc1[C@@H]1C[C@H]1N. The van der Waals surface area contributed by atoms with E-state index in [2.05, 4.69) is 26.0 Å². The first-order chi connectivity index (χ1) is 6.63. The van der Waals surface area contributed by atoms with Gasteiger partial charge in [-0.25, -0.2) is 0 Å². The molecule has 0 heterocycles. The van der Waals surface area contributed by atoms with Crippen molar-refractivity contribution < 1.29 is 4.74 Å². The molecule has 0 bridgehead atoms. The second-order valence-electron chi connectivity index (χ2n) is 4.18. The normalized spacial score (nSPS) is 24.9. The summed E-state index contributed by atoms with van der Waals surface area (Å²) in [6.07, 6.45) is 1.10. The lowest BCUT2D eigenvalue weighted by Gasteiger charge is -2.11. The predicted molar refractivity (Wildman–Crippen MR) is 57.8 cm³/mol. The van der Waals surface area contributed by atoms with Gasteiger partial charge in [-0.2, -0.15) is 0 Å². The Morgan fingerprint density at radius 2 is 1.86 bits per heavy atom. The first-order valence-corrected chi connectivity index (χ1v) is 5.04. The average Bonchev–Trinajstić information content (AvgIpc) is 2.87. The van der Waals surface area contributed by atoms with Crippen molar-refractivity contribution in [3.63, 3.8) is 0 Å². The van der Waals surface area contributed by atoms with Crippen LogP contribution in [0.1, 0.15) is 29.0 Å². The molecule has 1 saturated carbocycles. The van der Waals surface area contributed by atoms with E-state index < -0.39 is 0 Å². The van der Waals surface area contributed by atoms with Gasteiger partial charge in [0.25, 0.3) is 0 Å². The van der Waals surface area contributed by atoms with Crippen LogP contribution >= 0.6 is 0 Å². The quantitative estimate of drug-likeness (QED) is 0.777. The standard InChI is InChI=1S/C12H17NO/c1-7-4-10(9-6-11(9)13)12(14-3)5-8(7)2/h4-5,9,11H,6,13H2,1-3H3/t9-,11+/m0/s1. The van der Waals surface area contributed by atoms with E-state index in [1.54, 1.807) is 7.11 Å². The molecule has 1 fully saturated rings. The van der Waals surface area contributed by atoms with E-state index >= 15 is 0 Å². The minimum Gasteiger partial charge on any atom is -0.496 e. The number of methoxy groups -OCH3 is 1. The van der Waals surface area contributed by atoms with Crippen LogP contribution in [0.4, 0.5) is 0 Å². The first-order valence-electron chi connectivity index (χ1n) is 5.04. The summed E-state index contributed by atoms with van der Waals surface area (Å²) in [4.78, 5) is 0. The second kappa shape index (κ2) is 3.28. The Hall–Kier alpha value is -1.02. The number of nitrogens with two attached hydrogens (primary N) is 1. The van der Waals surface area contributed by atoms with Gasteiger partial charge < -0.3 is 10.5 Å². The second-order valence-corrected chi connectivity index (χ2v) is 4.18. The van der Waals surface area contributed by atoms with Crippen LogP contribution in [0.5, 0.6) is 5.75 Å². The van der Waals surface area contributed by atoms with E-state index in [0.717, 1.165) is 12.2 Å². The summed E-state index contributed by atoms with van der Waals surface area (Å²) < 4.78 is 5.38. The number of ether oxygens (including phenoxy) is 1. The summed E-state index contributed by atoms with van der Waals surface area (Å²) >= 11 is 0. The fourth-order valence-corrected chi connectivity index (χ4v) is 1.85. The zero-order chi connectivity index (χ0) is 10.3. The minimum atomic E-state index is 0.339. The molecular weight excluding hydrogens is 174 g/mol. The Labute approximate surface area is 85.1 Å². The summed E-state index contributed by atoms with van der Waals surface area (Å²) in [5, 5.41) is 0. The molecule has 2 atom stereocenters. The van der Waals surface area contributed by atoms with E-state index in [1.165, 1.54) is 16.7 Å². The maximum atomic E-state index is 5.85. The molecule has 1 aromatic carbocycles. The summed E-state index contributed by atoms with van der Waals surface area (Å²) in [5.41, 5.74) is 9.73. The Morgan fingerprint density at radius 1 is 1.29 bits per heavy atom. The molecule has 14 heavy (non-hydrogen) atoms. The third-order valence-corrected chi connectivity index (χ3v) is 3.09. The van der Waals surface area contributed by atoms with Crippen LogP contribution in [0.15, 0.2) is 12.1 Å². The molecule has 0 saturated heterocycles. The number of rotatable bonds is 2. The van der Waals surface area contributed by atoms with Gasteiger partial charge in [-0.3, -0.25) is 0 Å². The van der Waals surface area contributed by atoms with Crippen molar-refractivity contribution in [1.29, 1.82) is 0 Å². The molecule has 1 aliphatic carbocycles. The van der Waals surface area contributed by atoms with E-state index in [9.17, 15) is 0 Å². The van der Waals surface area contributed by atoms with Crippen LogP contribution in [0, 0.1) is 13.8 Å². The minimum absolute atomic E-state index is 0.339. The highest BCUT2D eigenvalue weighted by atomic mass is 16.5. The van der Waals surface area contributed by atoms with Crippen LogP contribution < -0.4 is 10.5 Å². The summed E-state index contributed by atoms with van der Waals surface area (Å²) in [6, 6.07) is 4.66. The highest BCUT2D eigenvalue weighted by Crippen LogP contribution is 2.44. The van der Waals surface area contributed by atoms with E-state index in [-0.39, 0.29) is 0 Å². The van der Waals surface area contributed by atoms with Crippen molar-refractivity contribution >= 4 is 0 Å². The highest BCUT2D eigenvalue weighted by Gasteiger charge is 2.37. The molecule has 0 aromatic heterocycles. The van der Waals surface area contributed by atoms with Gasteiger partial charge in [0.2, 0.25) is 0 Å². The van der Waals surface area contributed by atoms with Gasteiger partial charge in [0.15, 0.2) is 0 Å². The maximum Gasteiger partial charge on any atom is 0.122 e. The molecule has 0 unspecified atom stereocenters. The number of hydrogen-bond donors (Lipinski definition) is 1. The molecule has 76 valence electrons. The van der Waals surface area contributed by atoms with Crippen LogP contribution in [0.3, 0.4) is 0 Å². The van der Waals surface area contributed by atoms with Gasteiger partial charge in [0, 0.05) is 12.0 Å². The van der Waals surface area contributed by atoms with Crippen molar-refractivity contribution in [3.05, 3.63) is 28.8 Å². The van der Waals surface area contributed by atoms with Crippen molar-refractivity contribution in [2.24, 2.45) is 5.73 Å². The van der Waals surface area contributed by atoms with Gasteiger partial charge in [-0.15, -0.1) is 0 Å². The van der Waals surface area contributed by atoms with Crippen molar-refractivity contribution in [3.8, 4) is 5.75 Å². The molecule has 2 rings (SSSR count). The molecule has 1 aromatic rings. The van der Waals surface area contributed by atoms with Crippen molar-refractivity contribution in [1.82, 2.24) is 0 Å². The van der Waals surface area contributed by atoms with E-state index in [1.807, 2.05) is 0 Å². The number of benzene rings is 1. The Morgan fingerprint density at radius 3 is 2.36 bits per heavy atom. The Bertz CT molecular complexity index is 360. The lowest BCUT2D eigenvalue weighted by molar-refractivity contribution is 0.409. The lowest BCUT2D eigenvalue weighted by atomic mass is 10.0. The molecule has 0 radical (unpaired) electrons. The zero-order valence-corrected chi connectivity index (χ0v) is 9.00. The Balaban J connectivity index is 2.42. The monoisotopic (exact) mass is 191 g/mol. The van der Waals surface area contributed by atoms with Gasteiger partial charge in [0.05, 0.1) is 7.11 Å². The van der Waals surface area contributed by atoms with Crippen LogP contribution in [-0.4, -0.2) is 13.2 Å². The first kappa shape index (κ1) is 9.53. The number of aryl methyl sites for hydroxylation is 2.